The second-order valence-corrected chi connectivity index (χ2v) is 19.7. The van der Waals surface area contributed by atoms with Gasteiger partial charge in [-0.15, -0.1) is 0 Å². The number of amides is 2. The Labute approximate surface area is 429 Å². The van der Waals surface area contributed by atoms with Crippen molar-refractivity contribution in [3.8, 4) is 0 Å². The third-order valence-corrected chi connectivity index (χ3v) is 12.8. The van der Waals surface area contributed by atoms with Gasteiger partial charge in [0.15, 0.2) is 0 Å². The molecule has 2 amide bonds. The molecule has 0 fully saturated rings. The van der Waals surface area contributed by atoms with Crippen LogP contribution in [0, 0.1) is 5.92 Å². The quantitative estimate of drug-likeness (QED) is 0.0210. The van der Waals surface area contributed by atoms with Crippen molar-refractivity contribution in [2.24, 2.45) is 15.8 Å². The van der Waals surface area contributed by atoms with Crippen molar-refractivity contribution in [2.45, 2.75) is 232 Å². The van der Waals surface area contributed by atoms with Gasteiger partial charge in [0.25, 0.3) is 0 Å². The molecule has 0 aliphatic carbocycles. The van der Waals surface area contributed by atoms with Crippen molar-refractivity contribution < 1.29 is 33.7 Å². The normalized spacial score (nSPS) is 11.9. The van der Waals surface area contributed by atoms with E-state index in [0.717, 1.165) is 116 Å². The number of rotatable bonds is 52. The monoisotopic (exact) mass is 977 g/mol. The number of benzene rings is 1. The van der Waals surface area contributed by atoms with Crippen LogP contribution in [0.3, 0.4) is 0 Å². The first kappa shape index (κ1) is 65.1. The molecule has 1 atom stereocenters. The molecule has 0 heterocycles. The summed E-state index contributed by atoms with van der Waals surface area (Å²) in [5, 5.41) is 30.6. The van der Waals surface area contributed by atoms with E-state index in [-0.39, 0.29) is 17.9 Å². The van der Waals surface area contributed by atoms with Crippen molar-refractivity contribution in [3.05, 3.63) is 35.9 Å². The van der Waals surface area contributed by atoms with Crippen molar-refractivity contribution >= 4 is 46.1 Å². The molecule has 17 heteroatoms. The number of alkyl carbamates (subject to hydrolysis) is 1. The van der Waals surface area contributed by atoms with Crippen molar-refractivity contribution in [1.82, 2.24) is 21.1 Å². The van der Waals surface area contributed by atoms with E-state index in [9.17, 15) is 24.3 Å². The van der Waals surface area contributed by atoms with Crippen molar-refractivity contribution in [1.29, 1.82) is 0 Å². The Morgan fingerprint density at radius 1 is 0.571 bits per heavy atom. The van der Waals surface area contributed by atoms with Gasteiger partial charge in [-0.1, -0.05) is 152 Å². The fourth-order valence-corrected chi connectivity index (χ4v) is 8.46. The average Bonchev–Trinajstić information content (AvgIpc) is 3.35. The number of hydrogen-bond donors (Lipinski definition) is 6. The van der Waals surface area contributed by atoms with E-state index in [1.54, 1.807) is 20.9 Å². The molecule has 396 valence electrons. The van der Waals surface area contributed by atoms with Gasteiger partial charge in [-0.25, -0.2) is 4.79 Å². The second-order valence-electron chi connectivity index (χ2n) is 19.7. The summed E-state index contributed by atoms with van der Waals surface area (Å²) in [4.78, 5) is 33.4. The van der Waals surface area contributed by atoms with E-state index in [2.05, 4.69) is 31.0 Å². The van der Waals surface area contributed by atoms with E-state index in [1.165, 1.54) is 109 Å². The maximum absolute atomic E-state index is 12.4. The minimum atomic E-state index is -0.530. The molecule has 0 aromatic heterocycles. The van der Waals surface area contributed by atoms with Crippen LogP contribution in [-0.2, 0) is 25.5 Å². The van der Waals surface area contributed by atoms with Crippen molar-refractivity contribution in [3.63, 3.8) is 0 Å². The third kappa shape index (κ3) is 47.5. The molecule has 1 unspecified atom stereocenters. The molecule has 0 saturated heterocycles. The zero-order chi connectivity index (χ0) is 50.6. The fraction of sp³-hybridized carbons (Fsp3) is 0.830. The van der Waals surface area contributed by atoms with Gasteiger partial charge >= 0.3 is 232 Å². The molecule has 1 aromatic carbocycles. The summed E-state index contributed by atoms with van der Waals surface area (Å²) in [5.41, 5.74) is 1.60. The Bertz CT molecular complexity index is 1400. The molecule has 0 bridgehead atoms. The summed E-state index contributed by atoms with van der Waals surface area (Å²) in [6.45, 7) is 8.45. The van der Waals surface area contributed by atoms with Crippen LogP contribution in [0.25, 0.3) is 0 Å². The van der Waals surface area contributed by atoms with Crippen LogP contribution < -0.4 is 21.1 Å². The van der Waals surface area contributed by atoms with Crippen LogP contribution in [0.5, 0.6) is 0 Å². The van der Waals surface area contributed by atoms with Crippen LogP contribution >= 0.6 is 0 Å². The van der Waals surface area contributed by atoms with Gasteiger partial charge in [0, 0.05) is 6.54 Å². The maximum atomic E-state index is 12.4. The summed E-state index contributed by atoms with van der Waals surface area (Å²) in [7, 11) is 1.42. The van der Waals surface area contributed by atoms with Crippen LogP contribution in [0.4, 0.5) is 4.79 Å². The Hall–Kier alpha value is -2.87. The molecule has 0 aliphatic heterocycles. The molecule has 0 aliphatic rings. The average molecular weight is 977 g/mol. The van der Waals surface area contributed by atoms with Crippen LogP contribution in [0.1, 0.15) is 217 Å². The van der Waals surface area contributed by atoms with Gasteiger partial charge in [0.2, 0.25) is 0 Å². The number of carbonyl (C=O) groups is 2. The molecule has 0 spiro atoms. The zero-order valence-electron chi connectivity index (χ0n) is 44.6. The predicted molar refractivity (Wildman–Crippen MR) is 295 cm³/mol. The molecule has 1 rings (SSSR count). The second kappa shape index (κ2) is 51.0. The van der Waals surface area contributed by atoms with E-state index in [1.807, 2.05) is 30.3 Å². The van der Waals surface area contributed by atoms with Gasteiger partial charge in [-0.2, -0.15) is 0 Å². The summed E-state index contributed by atoms with van der Waals surface area (Å²) in [6, 6.07) is 9.77. The number of ether oxygens (including phenoxy) is 1. The molecule has 0 saturated carbocycles. The minimum absolute atomic E-state index is 0.182. The first-order valence-electron chi connectivity index (χ1n) is 28.4. The van der Waals surface area contributed by atoms with Gasteiger partial charge < -0.3 is 10.1 Å². The zero-order valence-corrected chi connectivity index (χ0v) is 44.6. The molecule has 0 radical (unpaired) electrons. The van der Waals surface area contributed by atoms with Crippen LogP contribution in [-0.4, -0.2) is 102 Å². The van der Waals surface area contributed by atoms with Crippen LogP contribution in [0.2, 0.25) is 13.6 Å². The predicted octanol–water partition coefficient (Wildman–Crippen LogP) is 11.2. The van der Waals surface area contributed by atoms with Gasteiger partial charge in [0.1, 0.15) is 6.61 Å². The molecular weight excluding hydrogens is 876 g/mol. The Kier molecular flexibility index (Phi) is 47.5. The van der Waals surface area contributed by atoms with Gasteiger partial charge in [0.05, 0.1) is 0 Å². The summed E-state index contributed by atoms with van der Waals surface area (Å²) in [6.07, 6.45) is 37.9. The fourth-order valence-electron chi connectivity index (χ4n) is 8.46. The van der Waals surface area contributed by atoms with E-state index in [0.29, 0.717) is 57.8 Å². The summed E-state index contributed by atoms with van der Waals surface area (Å²) >= 11 is 0. The van der Waals surface area contributed by atoms with Gasteiger partial charge in [-0.05, 0) is 18.4 Å². The topological polar surface area (TPSA) is 183 Å². The summed E-state index contributed by atoms with van der Waals surface area (Å²) < 4.78 is 22.6. The standard InChI is InChI=1S/C53H100B4N6O7/c1-56(67)62-43-33-25-35-45-70-55-61-47-50(46-60-51(54-66)39-30-34-44-63-57(2)68)38-26-21-23-31-41-58-52(64)40-29-20-18-16-14-12-10-8-6-4-3-5-7-9-11-13-15-17-19-22-32-42-59-53(65)69-48-49-36-27-24-28-37-49/h24,27-28,36-37,50,62-63,67-68H,3-23,25-26,29-35,38-48H2,1-2H3,(H,58,64)(H,59,65). The van der Waals surface area contributed by atoms with Gasteiger partial charge in [-0.3, -0.25) is 0 Å². The number of nitrogens with one attached hydrogen (secondary N) is 4. The summed E-state index contributed by atoms with van der Waals surface area (Å²) in [5.74, 6) is 0.410. The first-order valence-corrected chi connectivity index (χ1v) is 28.4. The molecule has 70 heavy (non-hydrogen) atoms. The molecular formula is C53H100B4N6O7. The number of aliphatic imine (C=N–C) groups is 1. The number of nitrogens with zero attached hydrogens (tertiary/aromatic N) is 2. The van der Waals surface area contributed by atoms with E-state index >= 15 is 0 Å². The first-order chi connectivity index (χ1) is 34.3. The molecule has 1 aromatic rings. The van der Waals surface area contributed by atoms with Crippen LogP contribution in [0.15, 0.2) is 40.2 Å². The number of carbonyl (C=O) groups excluding carboxylic acids is 2. The number of hydrogen-bond acceptors (Lipinski definition) is 11. The Morgan fingerprint density at radius 2 is 1.03 bits per heavy atom. The Morgan fingerprint density at radius 3 is 1.57 bits per heavy atom. The molecule has 13 nitrogen and oxygen atoms in total. The van der Waals surface area contributed by atoms with E-state index < -0.39 is 14.1 Å². The number of unbranched alkanes of at least 4 members (excludes halogenated alkanes) is 26. The van der Waals surface area contributed by atoms with Crippen molar-refractivity contribution in [2.75, 3.05) is 45.9 Å². The third-order valence-electron chi connectivity index (χ3n) is 12.8. The van der Waals surface area contributed by atoms with E-state index in [4.69, 9.17) is 9.39 Å². The molecule has 6 N–H and O–H groups in total. The SMILES string of the molecule is CB(O)NCCCCCOB=NCC(CCCCCCNC(=O)CCCCCCCCCCCCCCCCCCCCCCCNC(=O)OCc1ccccc1)CN=C(B=O)CCCCNB(C)O. The Balaban J connectivity index is 1.96.